The maximum absolute atomic E-state index is 13.0. The molecule has 144 valence electrons. The van der Waals surface area contributed by atoms with E-state index in [1.807, 2.05) is 42.5 Å². The number of rotatable bonds is 6. The molecule has 2 aromatic carbocycles. The van der Waals surface area contributed by atoms with Crippen molar-refractivity contribution in [1.29, 1.82) is 0 Å². The van der Waals surface area contributed by atoms with Crippen LogP contribution in [0.2, 0.25) is 0 Å². The van der Waals surface area contributed by atoms with Crippen molar-refractivity contribution < 1.29 is 14.3 Å². The molecule has 0 unspecified atom stereocenters. The summed E-state index contributed by atoms with van der Waals surface area (Å²) in [6, 6.07) is 13.0. The lowest BCUT2D eigenvalue weighted by atomic mass is 10.1. The summed E-state index contributed by atoms with van der Waals surface area (Å²) in [5.74, 6) is 0.955. The standard InChI is InChI=1S/C21H19BrN2O3S/c1-4-10-27-19-16(22)11-14(13-18(19)26-3)12-17-20(25)24(21(28)23(17)2)15-8-6-5-7-9-15/h4-9,11-13H,1,10H2,2-3H3/b17-12-. The molecule has 0 bridgehead atoms. The van der Waals surface area contributed by atoms with E-state index in [-0.39, 0.29) is 5.91 Å². The number of halogens is 1. The zero-order valence-corrected chi connectivity index (χ0v) is 17.9. The molecule has 0 aromatic heterocycles. The molecule has 0 aliphatic carbocycles. The second kappa shape index (κ2) is 8.58. The van der Waals surface area contributed by atoms with E-state index >= 15 is 0 Å². The number of carbonyl (C=O) groups excluding carboxylic acids is 1. The number of hydrogen-bond acceptors (Lipinski definition) is 4. The first kappa shape index (κ1) is 20.1. The normalized spacial score (nSPS) is 15.3. The van der Waals surface area contributed by atoms with E-state index in [4.69, 9.17) is 21.7 Å². The second-order valence-corrected chi connectivity index (χ2v) is 7.20. The summed E-state index contributed by atoms with van der Waals surface area (Å²) in [6.07, 6.45) is 3.44. The summed E-state index contributed by atoms with van der Waals surface area (Å²) in [7, 11) is 3.35. The van der Waals surface area contributed by atoms with Crippen LogP contribution in [0.25, 0.3) is 6.08 Å². The summed E-state index contributed by atoms with van der Waals surface area (Å²) in [5.41, 5.74) is 1.99. The monoisotopic (exact) mass is 458 g/mol. The third-order valence-electron chi connectivity index (χ3n) is 4.18. The first-order valence-electron chi connectivity index (χ1n) is 8.48. The molecule has 3 rings (SSSR count). The van der Waals surface area contributed by atoms with Gasteiger partial charge in [0.15, 0.2) is 16.6 Å². The molecule has 0 N–H and O–H groups in total. The molecule has 1 fully saturated rings. The van der Waals surface area contributed by atoms with E-state index in [0.29, 0.717) is 28.9 Å². The van der Waals surface area contributed by atoms with Crippen LogP contribution in [-0.2, 0) is 4.79 Å². The smallest absolute Gasteiger partial charge is 0.281 e. The molecular weight excluding hydrogens is 440 g/mol. The second-order valence-electron chi connectivity index (χ2n) is 5.98. The largest absolute Gasteiger partial charge is 0.493 e. The number of hydrogen-bond donors (Lipinski definition) is 0. The zero-order valence-electron chi connectivity index (χ0n) is 15.5. The van der Waals surface area contributed by atoms with Crippen LogP contribution in [0.15, 0.2) is 65.3 Å². The molecule has 1 aliphatic rings. The molecule has 7 heteroatoms. The lowest BCUT2D eigenvalue weighted by molar-refractivity contribution is -0.114. The summed E-state index contributed by atoms with van der Waals surface area (Å²) in [5, 5.41) is 0.430. The van der Waals surface area contributed by atoms with Gasteiger partial charge in [0.25, 0.3) is 5.91 Å². The third kappa shape index (κ3) is 3.81. The lowest BCUT2D eigenvalue weighted by Crippen LogP contribution is -2.30. The van der Waals surface area contributed by atoms with Crippen molar-refractivity contribution in [3.63, 3.8) is 0 Å². The maximum atomic E-state index is 13.0. The van der Waals surface area contributed by atoms with Gasteiger partial charge in [-0.25, -0.2) is 0 Å². The van der Waals surface area contributed by atoms with Crippen LogP contribution < -0.4 is 14.4 Å². The number of methoxy groups -OCH3 is 1. The van der Waals surface area contributed by atoms with Crippen molar-refractivity contribution in [1.82, 2.24) is 4.90 Å². The number of likely N-dealkylation sites (N-methyl/N-ethyl adjacent to an activating group) is 1. The topological polar surface area (TPSA) is 42.0 Å². The van der Waals surface area contributed by atoms with Crippen LogP contribution in [-0.4, -0.2) is 36.7 Å². The average molecular weight is 459 g/mol. The van der Waals surface area contributed by atoms with E-state index < -0.39 is 0 Å². The number of ether oxygens (including phenoxy) is 2. The molecule has 1 aliphatic heterocycles. The van der Waals surface area contributed by atoms with Crippen LogP contribution in [0.3, 0.4) is 0 Å². The number of thiocarbonyl (C=S) groups is 1. The molecule has 2 aromatic rings. The van der Waals surface area contributed by atoms with Gasteiger partial charge in [-0.05, 0) is 64.1 Å². The lowest BCUT2D eigenvalue weighted by Gasteiger charge is -2.16. The molecular formula is C21H19BrN2O3S. The SMILES string of the molecule is C=CCOc1c(Br)cc(/C=C2/C(=O)N(c3ccccc3)C(=S)N2C)cc1OC. The molecule has 5 nitrogen and oxygen atoms in total. The van der Waals surface area contributed by atoms with Gasteiger partial charge in [-0.3, -0.25) is 9.69 Å². The molecule has 1 amide bonds. The van der Waals surface area contributed by atoms with Crippen molar-refractivity contribution in [2.75, 3.05) is 25.7 Å². The van der Waals surface area contributed by atoms with Gasteiger partial charge in [0.2, 0.25) is 0 Å². The Morgan fingerprint density at radius 2 is 1.96 bits per heavy atom. The van der Waals surface area contributed by atoms with E-state index in [9.17, 15) is 4.79 Å². The van der Waals surface area contributed by atoms with Crippen LogP contribution in [0.5, 0.6) is 11.5 Å². The highest BCUT2D eigenvalue weighted by atomic mass is 79.9. The van der Waals surface area contributed by atoms with E-state index in [1.54, 1.807) is 31.2 Å². The van der Waals surface area contributed by atoms with Crippen molar-refractivity contribution in [2.24, 2.45) is 0 Å². The Morgan fingerprint density at radius 1 is 1.25 bits per heavy atom. The van der Waals surface area contributed by atoms with Crippen molar-refractivity contribution in [3.05, 3.63) is 70.9 Å². The number of nitrogens with zero attached hydrogens (tertiary/aromatic N) is 2. The molecule has 0 saturated carbocycles. The Kier molecular flexibility index (Phi) is 6.16. The fraction of sp³-hybridized carbons (Fsp3) is 0.143. The Balaban J connectivity index is 1.99. The van der Waals surface area contributed by atoms with Gasteiger partial charge in [-0.1, -0.05) is 30.9 Å². The number of carbonyl (C=O) groups is 1. The van der Waals surface area contributed by atoms with Gasteiger partial charge in [-0.2, -0.15) is 0 Å². The zero-order chi connectivity index (χ0) is 20.3. The summed E-state index contributed by atoms with van der Waals surface area (Å²) >= 11 is 8.99. The summed E-state index contributed by atoms with van der Waals surface area (Å²) in [6.45, 7) is 4.01. The summed E-state index contributed by atoms with van der Waals surface area (Å²) in [4.78, 5) is 16.3. The molecule has 1 heterocycles. The third-order valence-corrected chi connectivity index (χ3v) is 5.22. The molecule has 0 radical (unpaired) electrons. The minimum atomic E-state index is -0.180. The molecule has 0 spiro atoms. The fourth-order valence-electron chi connectivity index (χ4n) is 2.82. The van der Waals surface area contributed by atoms with E-state index in [0.717, 1.165) is 15.7 Å². The van der Waals surface area contributed by atoms with Crippen LogP contribution in [0.1, 0.15) is 5.56 Å². The van der Waals surface area contributed by atoms with Gasteiger partial charge in [0, 0.05) is 7.05 Å². The van der Waals surface area contributed by atoms with Gasteiger partial charge < -0.3 is 14.4 Å². The Labute approximate surface area is 178 Å². The summed E-state index contributed by atoms with van der Waals surface area (Å²) < 4.78 is 11.8. The average Bonchev–Trinajstić information content (AvgIpc) is 2.90. The minimum Gasteiger partial charge on any atom is -0.493 e. The predicted octanol–water partition coefficient (Wildman–Crippen LogP) is 4.63. The van der Waals surface area contributed by atoms with Crippen molar-refractivity contribution in [3.8, 4) is 11.5 Å². The van der Waals surface area contributed by atoms with Gasteiger partial charge in [-0.15, -0.1) is 0 Å². The van der Waals surface area contributed by atoms with Crippen molar-refractivity contribution >= 4 is 50.9 Å². The molecule has 28 heavy (non-hydrogen) atoms. The fourth-order valence-corrected chi connectivity index (χ4v) is 3.69. The minimum absolute atomic E-state index is 0.180. The first-order chi connectivity index (χ1) is 13.5. The van der Waals surface area contributed by atoms with Gasteiger partial charge in [0.05, 0.1) is 17.3 Å². The number of para-hydroxylation sites is 1. The van der Waals surface area contributed by atoms with Crippen LogP contribution in [0, 0.1) is 0 Å². The first-order valence-corrected chi connectivity index (χ1v) is 9.68. The number of amides is 1. The quantitative estimate of drug-likeness (QED) is 0.358. The Hall–Kier alpha value is -2.64. The number of benzene rings is 2. The van der Waals surface area contributed by atoms with Gasteiger partial charge >= 0.3 is 0 Å². The highest BCUT2D eigenvalue weighted by Gasteiger charge is 2.36. The Morgan fingerprint density at radius 3 is 2.61 bits per heavy atom. The van der Waals surface area contributed by atoms with Crippen molar-refractivity contribution in [2.45, 2.75) is 0 Å². The number of anilines is 1. The van der Waals surface area contributed by atoms with Gasteiger partial charge in [0.1, 0.15) is 12.3 Å². The maximum Gasteiger partial charge on any atom is 0.281 e. The highest BCUT2D eigenvalue weighted by molar-refractivity contribution is 9.10. The molecule has 0 atom stereocenters. The predicted molar refractivity (Wildman–Crippen MR) is 119 cm³/mol. The van der Waals surface area contributed by atoms with Crippen LogP contribution >= 0.6 is 28.1 Å². The highest BCUT2D eigenvalue weighted by Crippen LogP contribution is 2.38. The van der Waals surface area contributed by atoms with Crippen LogP contribution in [0.4, 0.5) is 5.69 Å². The Bertz CT molecular complexity index is 960. The van der Waals surface area contributed by atoms with E-state index in [2.05, 4.69) is 22.5 Å². The van der Waals surface area contributed by atoms with E-state index in [1.165, 1.54) is 4.90 Å². The molecule has 1 saturated heterocycles.